The molecule has 2 saturated carbocycles. The molecule has 86 valence electrons. The van der Waals surface area contributed by atoms with Crippen LogP contribution < -0.4 is 5.32 Å². The molecular weight excluding hydrogens is 309 g/mol. The van der Waals surface area contributed by atoms with Crippen molar-refractivity contribution >= 4 is 28.3 Å². The van der Waals surface area contributed by atoms with Crippen LogP contribution in [0.3, 0.4) is 0 Å². The van der Waals surface area contributed by atoms with Crippen molar-refractivity contribution in [2.24, 2.45) is 17.8 Å². The highest BCUT2D eigenvalue weighted by Crippen LogP contribution is 2.48. The normalized spacial score (nSPS) is 31.9. The lowest BCUT2D eigenvalue weighted by atomic mass is 9.89. The molecule has 16 heavy (non-hydrogen) atoms. The Morgan fingerprint density at radius 3 is 2.75 bits per heavy atom. The van der Waals surface area contributed by atoms with Gasteiger partial charge in [-0.2, -0.15) is 0 Å². The van der Waals surface area contributed by atoms with E-state index < -0.39 is 0 Å². The van der Waals surface area contributed by atoms with Gasteiger partial charge in [0.25, 0.3) is 0 Å². The van der Waals surface area contributed by atoms with Gasteiger partial charge in [0.1, 0.15) is 0 Å². The van der Waals surface area contributed by atoms with Crippen LogP contribution in [-0.2, 0) is 0 Å². The Bertz CT molecular complexity index is 377. The molecule has 0 amide bonds. The first-order valence-corrected chi connectivity index (χ1v) is 7.39. The van der Waals surface area contributed by atoms with Gasteiger partial charge in [-0.3, -0.25) is 0 Å². The van der Waals surface area contributed by atoms with E-state index in [1.807, 2.05) is 0 Å². The minimum atomic E-state index is 0.940. The molecule has 2 heteroatoms. The molecule has 3 unspecified atom stereocenters. The fourth-order valence-electron chi connectivity index (χ4n) is 3.47. The fraction of sp³-hybridized carbons (Fsp3) is 0.571. The Hall–Kier alpha value is -0.250. The van der Waals surface area contributed by atoms with Gasteiger partial charge in [0.15, 0.2) is 0 Å². The predicted molar refractivity (Wildman–Crippen MR) is 76.6 cm³/mol. The summed E-state index contributed by atoms with van der Waals surface area (Å²) in [5, 5.41) is 3.63. The minimum absolute atomic E-state index is 0.940. The fourth-order valence-corrected chi connectivity index (χ4v) is 4.05. The molecule has 0 spiro atoms. The van der Waals surface area contributed by atoms with E-state index >= 15 is 0 Å². The zero-order valence-corrected chi connectivity index (χ0v) is 11.6. The number of hydrogen-bond acceptors (Lipinski definition) is 1. The topological polar surface area (TPSA) is 12.0 Å². The molecule has 0 heterocycles. The molecule has 2 fully saturated rings. The van der Waals surface area contributed by atoms with Crippen molar-refractivity contribution in [2.75, 3.05) is 11.9 Å². The molecule has 2 aliphatic rings. The van der Waals surface area contributed by atoms with Crippen LogP contribution in [0.15, 0.2) is 24.3 Å². The van der Waals surface area contributed by atoms with Gasteiger partial charge in [0.2, 0.25) is 0 Å². The number of benzene rings is 1. The Morgan fingerprint density at radius 2 is 2.06 bits per heavy atom. The molecule has 3 atom stereocenters. The lowest BCUT2D eigenvalue weighted by Crippen LogP contribution is -2.20. The zero-order valence-electron chi connectivity index (χ0n) is 9.45. The number of nitrogens with one attached hydrogen (secondary N) is 1. The van der Waals surface area contributed by atoms with Crippen LogP contribution >= 0.6 is 22.6 Å². The van der Waals surface area contributed by atoms with Crippen molar-refractivity contribution in [3.63, 3.8) is 0 Å². The van der Waals surface area contributed by atoms with E-state index in [0.717, 1.165) is 17.8 Å². The Morgan fingerprint density at radius 1 is 1.19 bits per heavy atom. The van der Waals surface area contributed by atoms with Crippen LogP contribution in [0.1, 0.15) is 25.7 Å². The summed E-state index contributed by atoms with van der Waals surface area (Å²) in [5.41, 5.74) is 1.31. The van der Waals surface area contributed by atoms with E-state index in [4.69, 9.17) is 0 Å². The molecule has 1 aromatic carbocycles. The van der Waals surface area contributed by atoms with Crippen molar-refractivity contribution in [2.45, 2.75) is 25.7 Å². The number of para-hydroxylation sites is 1. The van der Waals surface area contributed by atoms with Crippen LogP contribution in [0.2, 0.25) is 0 Å². The molecule has 0 aromatic heterocycles. The monoisotopic (exact) mass is 327 g/mol. The van der Waals surface area contributed by atoms with Gasteiger partial charge in [-0.15, -0.1) is 0 Å². The molecule has 2 aliphatic carbocycles. The lowest BCUT2D eigenvalue weighted by Gasteiger charge is -2.22. The summed E-state index contributed by atoms with van der Waals surface area (Å²) in [7, 11) is 0. The highest BCUT2D eigenvalue weighted by atomic mass is 127. The van der Waals surface area contributed by atoms with Crippen LogP contribution in [0.4, 0.5) is 5.69 Å². The SMILES string of the molecule is Ic1ccccc1NCC1CC2CCC1C2. The first-order valence-electron chi connectivity index (χ1n) is 6.31. The summed E-state index contributed by atoms with van der Waals surface area (Å²) in [6.07, 6.45) is 5.98. The van der Waals surface area contributed by atoms with E-state index in [1.54, 1.807) is 0 Å². The maximum Gasteiger partial charge on any atom is 0.0475 e. The van der Waals surface area contributed by atoms with Gasteiger partial charge >= 0.3 is 0 Å². The second-order valence-electron chi connectivity index (χ2n) is 5.30. The van der Waals surface area contributed by atoms with E-state index in [0.29, 0.717) is 0 Å². The molecule has 1 nitrogen and oxygen atoms in total. The summed E-state index contributed by atoms with van der Waals surface area (Å²) >= 11 is 2.41. The average Bonchev–Trinajstić information content (AvgIpc) is 2.90. The molecular formula is C14H18IN. The van der Waals surface area contributed by atoms with Gasteiger partial charge in [-0.05, 0) is 71.7 Å². The lowest BCUT2D eigenvalue weighted by molar-refractivity contribution is 0.348. The summed E-state index contributed by atoms with van der Waals surface area (Å²) < 4.78 is 1.34. The number of hydrogen-bond donors (Lipinski definition) is 1. The van der Waals surface area contributed by atoms with Gasteiger partial charge in [0, 0.05) is 15.8 Å². The van der Waals surface area contributed by atoms with Crippen molar-refractivity contribution in [1.29, 1.82) is 0 Å². The zero-order chi connectivity index (χ0) is 11.0. The van der Waals surface area contributed by atoms with Crippen molar-refractivity contribution in [1.82, 2.24) is 0 Å². The van der Waals surface area contributed by atoms with Crippen LogP contribution in [0.5, 0.6) is 0 Å². The first-order chi connectivity index (χ1) is 7.83. The highest BCUT2D eigenvalue weighted by molar-refractivity contribution is 14.1. The van der Waals surface area contributed by atoms with Gasteiger partial charge in [-0.1, -0.05) is 18.6 Å². The number of halogens is 1. The van der Waals surface area contributed by atoms with E-state index in [9.17, 15) is 0 Å². The molecule has 0 radical (unpaired) electrons. The van der Waals surface area contributed by atoms with E-state index in [2.05, 4.69) is 52.2 Å². The smallest absolute Gasteiger partial charge is 0.0475 e. The third-order valence-corrected chi connectivity index (χ3v) is 5.25. The second kappa shape index (κ2) is 4.55. The third kappa shape index (κ3) is 2.08. The highest BCUT2D eigenvalue weighted by Gasteiger charge is 2.38. The van der Waals surface area contributed by atoms with E-state index in [1.165, 1.54) is 41.5 Å². The number of fused-ring (bicyclic) bond motifs is 2. The van der Waals surface area contributed by atoms with Crippen LogP contribution in [0, 0.1) is 21.3 Å². The van der Waals surface area contributed by atoms with E-state index in [-0.39, 0.29) is 0 Å². The van der Waals surface area contributed by atoms with Gasteiger partial charge in [0.05, 0.1) is 0 Å². The molecule has 1 N–H and O–H groups in total. The summed E-state index contributed by atoms with van der Waals surface area (Å²) in [6.45, 7) is 1.18. The van der Waals surface area contributed by atoms with Crippen molar-refractivity contribution < 1.29 is 0 Å². The molecule has 0 aliphatic heterocycles. The summed E-state index contributed by atoms with van der Waals surface area (Å²) in [5.74, 6) is 3.03. The standard InChI is InChI=1S/C14H18IN/c15-13-3-1-2-4-14(13)16-9-12-8-10-5-6-11(12)7-10/h1-4,10-12,16H,5-9H2. The predicted octanol–water partition coefficient (Wildman–Crippen LogP) is 4.14. The van der Waals surface area contributed by atoms with Gasteiger partial charge < -0.3 is 5.32 Å². The number of anilines is 1. The van der Waals surface area contributed by atoms with Crippen LogP contribution in [0.25, 0.3) is 0 Å². The molecule has 3 rings (SSSR count). The number of rotatable bonds is 3. The molecule has 1 aromatic rings. The molecule has 0 saturated heterocycles. The minimum Gasteiger partial charge on any atom is -0.384 e. The molecule has 2 bridgehead atoms. The van der Waals surface area contributed by atoms with Crippen LogP contribution in [-0.4, -0.2) is 6.54 Å². The maximum absolute atomic E-state index is 3.63. The quantitative estimate of drug-likeness (QED) is 0.823. The Balaban J connectivity index is 1.59. The summed E-state index contributed by atoms with van der Waals surface area (Å²) in [6, 6.07) is 8.58. The van der Waals surface area contributed by atoms with Gasteiger partial charge in [-0.25, -0.2) is 0 Å². The Labute approximate surface area is 111 Å². The first kappa shape index (κ1) is 10.9. The van der Waals surface area contributed by atoms with Crippen molar-refractivity contribution in [3.05, 3.63) is 27.8 Å². The van der Waals surface area contributed by atoms with Crippen molar-refractivity contribution in [3.8, 4) is 0 Å². The Kier molecular flexibility index (Phi) is 3.09. The third-order valence-electron chi connectivity index (χ3n) is 4.31. The summed E-state index contributed by atoms with van der Waals surface area (Å²) in [4.78, 5) is 0. The second-order valence-corrected chi connectivity index (χ2v) is 6.46. The largest absolute Gasteiger partial charge is 0.384 e. The maximum atomic E-state index is 3.63. The average molecular weight is 327 g/mol.